The van der Waals surface area contributed by atoms with Crippen LogP contribution in [0.5, 0.6) is 0 Å². The van der Waals surface area contributed by atoms with E-state index in [4.69, 9.17) is 4.98 Å². The van der Waals surface area contributed by atoms with Crippen LogP contribution in [0.3, 0.4) is 0 Å². The fourth-order valence-corrected chi connectivity index (χ4v) is 14.0. The number of rotatable bonds is 20. The topological polar surface area (TPSA) is 70.5 Å². The Morgan fingerprint density at radius 2 is 1.06 bits per heavy atom. The van der Waals surface area contributed by atoms with Gasteiger partial charge in [0.2, 0.25) is 0 Å². The van der Waals surface area contributed by atoms with Crippen molar-refractivity contribution >= 4 is 38.6 Å². The Kier molecular flexibility index (Phi) is 19.6. The molecule has 0 fully saturated rings. The van der Waals surface area contributed by atoms with Gasteiger partial charge in [0.1, 0.15) is 11.6 Å². The number of Topliss-reactive ketones (excluding diaryl/α,β-unsaturated/α-hetero) is 1. The van der Waals surface area contributed by atoms with E-state index < -0.39 is 5.41 Å². The number of nitrogens with zero attached hydrogens (tertiary/aromatic N) is 6. The maximum absolute atomic E-state index is 14.6. The van der Waals surface area contributed by atoms with Crippen LogP contribution in [0.15, 0.2) is 316 Å². The Labute approximate surface area is 576 Å². The predicted octanol–water partition coefficient (Wildman–Crippen LogP) is 21.2. The fourth-order valence-electron chi connectivity index (χ4n) is 14.0. The van der Waals surface area contributed by atoms with Gasteiger partial charge in [-0.1, -0.05) is 190 Å². The van der Waals surface area contributed by atoms with Gasteiger partial charge in [-0.05, 0) is 156 Å². The third-order valence-electron chi connectivity index (χ3n) is 19.1. The molecule has 10 aromatic carbocycles. The van der Waals surface area contributed by atoms with Gasteiger partial charge in [-0.2, -0.15) is 0 Å². The van der Waals surface area contributed by atoms with E-state index >= 15 is 0 Å². The molecule has 8 heteroatoms. The van der Waals surface area contributed by atoms with Crippen molar-refractivity contribution in [1.29, 1.82) is 0 Å². The molecule has 15 rings (SSSR count). The average molecular weight is 1420 g/mol. The molecule has 7 nitrogen and oxygen atoms in total. The number of para-hydroxylation sites is 7. The Balaban J connectivity index is 0.000000576. The molecule has 1 radical (unpaired) electrons. The molecule has 5 aromatic heterocycles. The van der Waals surface area contributed by atoms with E-state index in [1.165, 1.54) is 49.6 Å². The number of pyridine rings is 2. The smallest absolute Gasteiger partial charge is 0.145 e. The molecule has 0 N–H and O–H groups in total. The number of carbonyl (C=O) groups excluding carboxylic acids is 1. The van der Waals surface area contributed by atoms with Gasteiger partial charge in [-0.15, -0.1) is 71.3 Å². The molecule has 0 saturated heterocycles. The molecule has 0 bridgehead atoms. The predicted molar refractivity (Wildman–Crippen MR) is 390 cm³/mol. The molecule has 0 aliphatic carbocycles. The zero-order valence-electron chi connectivity index (χ0n) is 54.2. The first-order valence-electron chi connectivity index (χ1n) is 33.2. The summed E-state index contributed by atoms with van der Waals surface area (Å²) in [7, 11) is 0. The monoisotopic (exact) mass is 1420 g/mol. The van der Waals surface area contributed by atoms with E-state index in [1.54, 1.807) is 12.4 Å². The van der Waals surface area contributed by atoms with Crippen LogP contribution >= 0.6 is 0 Å². The fraction of sp³-hybridized carbons (Fsp3) is 0.136. The first kappa shape index (κ1) is 64.1. The minimum atomic E-state index is -0.589. The zero-order valence-corrected chi connectivity index (χ0v) is 56.6. The molecule has 15 aromatic rings. The second kappa shape index (κ2) is 29.3. The van der Waals surface area contributed by atoms with Crippen molar-refractivity contribution in [2.24, 2.45) is 5.92 Å². The third-order valence-corrected chi connectivity index (χ3v) is 19.1. The van der Waals surface area contributed by atoms with Gasteiger partial charge in [0.05, 0.1) is 22.1 Å². The van der Waals surface area contributed by atoms with Gasteiger partial charge in [0, 0.05) is 96.0 Å². The second-order valence-corrected chi connectivity index (χ2v) is 25.0. The maximum Gasteiger partial charge on any atom is 0.145 e. The molecular weight excluding hydrogens is 1350 g/mol. The summed E-state index contributed by atoms with van der Waals surface area (Å²) < 4.78 is 6.99. The van der Waals surface area contributed by atoms with Crippen molar-refractivity contribution in [3.63, 3.8) is 0 Å². The Bertz CT molecular complexity index is 4880. The van der Waals surface area contributed by atoms with Crippen LogP contribution in [0.4, 0.5) is 0 Å². The molecule has 0 aliphatic heterocycles. The van der Waals surface area contributed by atoms with Crippen molar-refractivity contribution in [2.75, 3.05) is 0 Å². The van der Waals surface area contributed by atoms with Gasteiger partial charge in [-0.3, -0.25) is 9.36 Å². The quantitative estimate of drug-likeness (QED) is 0.0713. The van der Waals surface area contributed by atoms with E-state index in [2.05, 4.69) is 293 Å². The van der Waals surface area contributed by atoms with Crippen molar-refractivity contribution in [3.8, 4) is 51.0 Å². The van der Waals surface area contributed by atoms with E-state index in [1.807, 2.05) is 66.7 Å². The molecule has 0 saturated carbocycles. The van der Waals surface area contributed by atoms with E-state index in [-0.39, 0.29) is 37.9 Å². The van der Waals surface area contributed by atoms with Crippen molar-refractivity contribution in [3.05, 3.63) is 361 Å². The molecule has 96 heavy (non-hydrogen) atoms. The summed E-state index contributed by atoms with van der Waals surface area (Å²) in [4.78, 5) is 28.6. The summed E-state index contributed by atoms with van der Waals surface area (Å²) in [5.74, 6) is 1.35. The number of hydrogen-bond acceptors (Lipinski definition) is 4. The van der Waals surface area contributed by atoms with Crippen LogP contribution in [0.1, 0.15) is 91.7 Å². The largest absolute Gasteiger partial charge is 0.316 e. The second-order valence-electron chi connectivity index (χ2n) is 25.0. The van der Waals surface area contributed by atoms with Gasteiger partial charge >= 0.3 is 0 Å². The molecule has 0 amide bonds. The summed E-state index contributed by atoms with van der Waals surface area (Å²) >= 11 is 0. The minimum absolute atomic E-state index is 0. The first-order chi connectivity index (χ1) is 46.8. The zero-order chi connectivity index (χ0) is 64.5. The first-order valence-corrected chi connectivity index (χ1v) is 33.2. The molecule has 5 heterocycles. The Hall–Kier alpha value is -10.6. The van der Waals surface area contributed by atoms with Gasteiger partial charge in [-0.25, -0.2) is 4.98 Å². The Morgan fingerprint density at radius 3 is 1.62 bits per heavy atom. The van der Waals surface area contributed by atoms with E-state index in [9.17, 15) is 4.79 Å². The summed E-state index contributed by atoms with van der Waals surface area (Å²) in [6, 6.07) is 109. The number of benzene rings is 10. The van der Waals surface area contributed by atoms with Gasteiger partial charge in [0.15, 0.2) is 0 Å². The van der Waals surface area contributed by atoms with Crippen molar-refractivity contribution < 1.29 is 24.9 Å². The van der Waals surface area contributed by atoms with E-state index in [0.29, 0.717) is 18.6 Å². The summed E-state index contributed by atoms with van der Waals surface area (Å²) in [5, 5.41) is 2.43. The minimum Gasteiger partial charge on any atom is -0.316 e. The molecule has 3 atom stereocenters. The van der Waals surface area contributed by atoms with E-state index in [0.717, 1.165) is 86.8 Å². The molecule has 0 aliphatic rings. The standard InChI is InChI=1S/C77H66N5O.C11H8N.Ir/c1-4-56(75(83)47-40-55-38-41-58(42-39-55)70-33-20-21-48-78-70)50-61(59-23-22-24-60(51-59)76-79-71-34-16-19-37-74(71)82(76)65-29-12-7-13-30-65)49-54(2)57-43-45-62(46-44-57)77(3,68-52-80(63-25-8-5-9-26-63)72-35-17-14-31-66(68)72)69-53-81(64-27-10-6-11-28-64)73-36-18-15-32-67(69)73;1-2-6-10(7-3-1)11-8-4-5-9-12-11;/h5-39,41,43-46,48,51-54,56,61H,4,40,47,49-50H2,1-3H3;1-6,8-9H;/q2*-1;. The molecule has 473 valence electrons. The number of hydrogen-bond donors (Lipinski definition) is 0. The van der Waals surface area contributed by atoms with Crippen LogP contribution in [-0.2, 0) is 36.7 Å². The van der Waals surface area contributed by atoms with Crippen LogP contribution in [0, 0.1) is 18.1 Å². The van der Waals surface area contributed by atoms with Gasteiger partial charge < -0.3 is 19.1 Å². The maximum atomic E-state index is 14.6. The number of carbonyl (C=O) groups is 1. The van der Waals surface area contributed by atoms with Crippen LogP contribution < -0.4 is 0 Å². The average Bonchev–Trinajstić information content (AvgIpc) is 1.55. The summed E-state index contributed by atoms with van der Waals surface area (Å²) in [6.07, 6.45) is 11.9. The van der Waals surface area contributed by atoms with Crippen molar-refractivity contribution in [2.45, 2.75) is 70.1 Å². The number of imidazole rings is 1. The SMILES string of the molecule is CCC(CC(CC(C)c1ccc(C(C)(c2cn(-c3ccccc3)c3ccccc23)c2cn(-c3ccccc3)c3ccccc23)cc1)c1cccc(-c2nc3ccccc3n2-c2ccccc2)c1)C(=O)CCc1c[c-]c(-c2ccccn2)cc1.[Ir].[c-]1ccccc1-c1ccccn1. The number of aryl methyl sites for hydroxylation is 1. The molecule has 3 unspecified atom stereocenters. The van der Waals surface area contributed by atoms with Crippen molar-refractivity contribution in [1.82, 2.24) is 28.7 Å². The Morgan fingerprint density at radius 1 is 0.510 bits per heavy atom. The summed E-state index contributed by atoms with van der Waals surface area (Å²) in [5.41, 5.74) is 19.3. The van der Waals surface area contributed by atoms with Crippen LogP contribution in [0.2, 0.25) is 0 Å². The molecule has 0 spiro atoms. The van der Waals surface area contributed by atoms with Gasteiger partial charge in [0.25, 0.3) is 0 Å². The van der Waals surface area contributed by atoms with Crippen LogP contribution in [0.25, 0.3) is 83.8 Å². The normalized spacial score (nSPS) is 12.4. The van der Waals surface area contributed by atoms with Crippen LogP contribution in [-0.4, -0.2) is 34.4 Å². The molecular formula is C88H74IrN6O-2. The third kappa shape index (κ3) is 13.4. The number of fused-ring (bicyclic) bond motifs is 3. The number of aromatic nitrogens is 6. The number of ketones is 1. The summed E-state index contributed by atoms with van der Waals surface area (Å²) in [6.45, 7) is 6.97.